The SMILES string of the molecule is O=C(OCc1ccccc1)c1cccc(N2C(=O)[C@H]3[C@@H]4C[C@H]([C@@H](Br)[C@H]4Br)[C@@H]3C2=O)c1. The number of halogens is 2. The van der Waals surface area contributed by atoms with Crippen LogP contribution in [0.25, 0.3) is 0 Å². The zero-order valence-corrected chi connectivity index (χ0v) is 19.1. The van der Waals surface area contributed by atoms with Crippen LogP contribution in [0.5, 0.6) is 0 Å². The maximum Gasteiger partial charge on any atom is 0.338 e. The number of nitrogens with zero attached hydrogens (tertiary/aromatic N) is 1. The third-order valence-corrected chi connectivity index (χ3v) is 9.75. The second kappa shape index (κ2) is 7.61. The molecule has 0 aromatic heterocycles. The van der Waals surface area contributed by atoms with Gasteiger partial charge in [-0.25, -0.2) is 4.79 Å². The molecule has 7 heteroatoms. The Morgan fingerprint density at radius 3 is 2.20 bits per heavy atom. The van der Waals surface area contributed by atoms with Gasteiger partial charge in [-0.15, -0.1) is 0 Å². The largest absolute Gasteiger partial charge is 0.457 e. The Balaban J connectivity index is 1.36. The highest BCUT2D eigenvalue weighted by atomic mass is 79.9. The average molecular weight is 533 g/mol. The van der Waals surface area contributed by atoms with Crippen LogP contribution in [0.2, 0.25) is 0 Å². The predicted octanol–water partition coefficient (Wildman–Crippen LogP) is 4.33. The quantitative estimate of drug-likeness (QED) is 0.334. The number of amides is 2. The Hall–Kier alpha value is -1.99. The molecule has 0 N–H and O–H groups in total. The molecule has 0 radical (unpaired) electrons. The number of hydrogen-bond acceptors (Lipinski definition) is 4. The number of imide groups is 1. The zero-order chi connectivity index (χ0) is 21.0. The van der Waals surface area contributed by atoms with Crippen molar-refractivity contribution in [1.29, 1.82) is 0 Å². The number of fused-ring (bicyclic) bond motifs is 5. The maximum absolute atomic E-state index is 13.2. The fourth-order valence-corrected chi connectivity index (χ4v) is 7.06. The molecule has 1 aliphatic heterocycles. The minimum Gasteiger partial charge on any atom is -0.457 e. The molecule has 2 aromatic rings. The summed E-state index contributed by atoms with van der Waals surface area (Å²) in [4.78, 5) is 40.5. The first kappa shape index (κ1) is 19.9. The molecule has 30 heavy (non-hydrogen) atoms. The van der Waals surface area contributed by atoms with Crippen molar-refractivity contribution in [2.24, 2.45) is 23.7 Å². The molecule has 2 aliphatic carbocycles. The second-order valence-corrected chi connectivity index (χ2v) is 10.2. The topological polar surface area (TPSA) is 63.7 Å². The molecule has 3 fully saturated rings. The summed E-state index contributed by atoms with van der Waals surface area (Å²) in [7, 11) is 0. The normalized spacial score (nSPS) is 31.9. The van der Waals surface area contributed by atoms with Crippen LogP contribution < -0.4 is 4.90 Å². The number of hydrogen-bond donors (Lipinski definition) is 0. The number of alkyl halides is 2. The number of esters is 1. The fourth-order valence-electron chi connectivity index (χ4n) is 5.18. The second-order valence-electron chi connectivity index (χ2n) is 8.13. The number of carbonyl (C=O) groups is 3. The third-order valence-electron chi connectivity index (χ3n) is 6.54. The van der Waals surface area contributed by atoms with E-state index in [1.54, 1.807) is 24.3 Å². The molecule has 2 aromatic carbocycles. The van der Waals surface area contributed by atoms with E-state index in [1.165, 1.54) is 4.90 Å². The molecule has 1 saturated heterocycles. The van der Waals surface area contributed by atoms with E-state index >= 15 is 0 Å². The molecule has 2 saturated carbocycles. The van der Waals surface area contributed by atoms with E-state index in [1.807, 2.05) is 30.3 Å². The molecule has 0 unspecified atom stereocenters. The summed E-state index contributed by atoms with van der Waals surface area (Å²) in [6.07, 6.45) is 0.887. The van der Waals surface area contributed by atoms with E-state index in [0.29, 0.717) is 11.3 Å². The van der Waals surface area contributed by atoms with E-state index in [-0.39, 0.29) is 51.7 Å². The number of ether oxygens (including phenoxy) is 1. The predicted molar refractivity (Wildman–Crippen MR) is 119 cm³/mol. The molecule has 5 rings (SSSR count). The van der Waals surface area contributed by atoms with Gasteiger partial charge in [0.1, 0.15) is 6.61 Å². The first-order valence-electron chi connectivity index (χ1n) is 9.94. The average Bonchev–Trinajstić information content (AvgIpc) is 3.37. The van der Waals surface area contributed by atoms with Crippen LogP contribution >= 0.6 is 31.9 Å². The van der Waals surface area contributed by atoms with Gasteiger partial charge in [0.15, 0.2) is 0 Å². The highest BCUT2D eigenvalue weighted by molar-refractivity contribution is 9.12. The van der Waals surface area contributed by atoms with Gasteiger partial charge in [0, 0.05) is 9.65 Å². The van der Waals surface area contributed by atoms with Crippen molar-refractivity contribution in [2.75, 3.05) is 4.90 Å². The molecule has 3 aliphatic rings. The minimum absolute atomic E-state index is 0.156. The van der Waals surface area contributed by atoms with Gasteiger partial charge in [-0.1, -0.05) is 68.3 Å². The summed E-state index contributed by atoms with van der Waals surface area (Å²) in [5.41, 5.74) is 1.65. The van der Waals surface area contributed by atoms with E-state index in [9.17, 15) is 14.4 Å². The Kier molecular flexibility index (Phi) is 5.06. The first-order valence-corrected chi connectivity index (χ1v) is 11.8. The lowest BCUT2D eigenvalue weighted by molar-refractivity contribution is -0.123. The van der Waals surface area contributed by atoms with Gasteiger partial charge in [0.2, 0.25) is 11.8 Å². The van der Waals surface area contributed by atoms with Gasteiger partial charge in [0.05, 0.1) is 23.1 Å². The summed E-state index contributed by atoms with van der Waals surface area (Å²) in [5.74, 6) is -1.05. The van der Waals surface area contributed by atoms with E-state index in [0.717, 1.165) is 12.0 Å². The standard InChI is InChI=1S/C23H19Br2NO4/c24-19-15-10-16(20(19)25)18-17(15)21(27)26(22(18)28)14-8-4-7-13(9-14)23(29)30-11-12-5-2-1-3-6-12/h1-9,15-20H,10-11H2/t15-,16-,17-,18-,19-,20+/m0/s1. The van der Waals surface area contributed by atoms with Crippen molar-refractivity contribution in [2.45, 2.75) is 22.7 Å². The summed E-state index contributed by atoms with van der Waals surface area (Å²) < 4.78 is 5.39. The summed E-state index contributed by atoms with van der Waals surface area (Å²) >= 11 is 7.40. The third kappa shape index (κ3) is 3.05. The van der Waals surface area contributed by atoms with Crippen LogP contribution in [-0.2, 0) is 20.9 Å². The molecular weight excluding hydrogens is 514 g/mol. The number of rotatable bonds is 4. The van der Waals surface area contributed by atoms with Crippen molar-refractivity contribution in [3.05, 3.63) is 65.7 Å². The molecule has 154 valence electrons. The fraction of sp³-hybridized carbons (Fsp3) is 0.348. The van der Waals surface area contributed by atoms with E-state index in [2.05, 4.69) is 31.9 Å². The first-order chi connectivity index (χ1) is 14.5. The number of benzene rings is 2. The monoisotopic (exact) mass is 531 g/mol. The van der Waals surface area contributed by atoms with Crippen LogP contribution in [0.4, 0.5) is 5.69 Å². The van der Waals surface area contributed by atoms with Crippen LogP contribution in [0, 0.1) is 23.7 Å². The molecule has 1 heterocycles. The van der Waals surface area contributed by atoms with Gasteiger partial charge in [-0.3, -0.25) is 14.5 Å². The highest BCUT2D eigenvalue weighted by Crippen LogP contribution is 2.60. The van der Waals surface area contributed by atoms with Crippen LogP contribution in [0.1, 0.15) is 22.3 Å². The minimum atomic E-state index is -0.485. The molecule has 2 amide bonds. The smallest absolute Gasteiger partial charge is 0.338 e. The van der Waals surface area contributed by atoms with Gasteiger partial charge < -0.3 is 4.74 Å². The lowest BCUT2D eigenvalue weighted by atomic mass is 9.81. The molecule has 6 atom stereocenters. The Labute approximate surface area is 191 Å². The van der Waals surface area contributed by atoms with Gasteiger partial charge in [-0.2, -0.15) is 0 Å². The molecular formula is C23H19Br2NO4. The number of anilines is 1. The Morgan fingerprint density at radius 1 is 0.933 bits per heavy atom. The molecule has 2 bridgehead atoms. The van der Waals surface area contributed by atoms with Crippen molar-refractivity contribution in [1.82, 2.24) is 0 Å². The van der Waals surface area contributed by atoms with Crippen molar-refractivity contribution in [3.8, 4) is 0 Å². The Morgan fingerprint density at radius 2 is 1.57 bits per heavy atom. The lowest BCUT2D eigenvalue weighted by Gasteiger charge is -2.28. The zero-order valence-electron chi connectivity index (χ0n) is 15.9. The lowest BCUT2D eigenvalue weighted by Crippen LogP contribution is -2.37. The summed E-state index contributed by atoms with van der Waals surface area (Å²) in [5, 5.41) is 0. The van der Waals surface area contributed by atoms with Crippen LogP contribution in [-0.4, -0.2) is 27.4 Å². The van der Waals surface area contributed by atoms with Gasteiger partial charge in [-0.05, 0) is 42.0 Å². The highest BCUT2D eigenvalue weighted by Gasteiger charge is 2.66. The summed E-state index contributed by atoms with van der Waals surface area (Å²) in [6.45, 7) is 0.165. The van der Waals surface area contributed by atoms with Crippen LogP contribution in [0.15, 0.2) is 54.6 Å². The molecule has 0 spiro atoms. The van der Waals surface area contributed by atoms with Crippen molar-refractivity contribution < 1.29 is 19.1 Å². The van der Waals surface area contributed by atoms with Gasteiger partial charge >= 0.3 is 5.97 Å². The van der Waals surface area contributed by atoms with E-state index < -0.39 is 5.97 Å². The van der Waals surface area contributed by atoms with Crippen molar-refractivity contribution in [3.63, 3.8) is 0 Å². The molecule has 5 nitrogen and oxygen atoms in total. The van der Waals surface area contributed by atoms with E-state index in [4.69, 9.17) is 4.74 Å². The summed E-state index contributed by atoms with van der Waals surface area (Å²) in [6, 6.07) is 16.0. The Bertz CT molecular complexity index is 995. The number of carbonyl (C=O) groups excluding carboxylic acids is 3. The maximum atomic E-state index is 13.2. The van der Waals surface area contributed by atoms with Crippen molar-refractivity contribution >= 4 is 55.3 Å². The van der Waals surface area contributed by atoms with Gasteiger partial charge in [0.25, 0.3) is 0 Å². The van der Waals surface area contributed by atoms with Crippen LogP contribution in [0.3, 0.4) is 0 Å².